The SMILES string of the molecule is CCC1CN(Cc2ccc3nccnc3c2)CC1c1nc2c(cnn2C(C)C)c(=O)[nH]1. The number of H-pyrrole nitrogens is 1. The van der Waals surface area contributed by atoms with Gasteiger partial charge in [0.2, 0.25) is 0 Å². The highest BCUT2D eigenvalue weighted by Crippen LogP contribution is 2.34. The van der Waals surface area contributed by atoms with Crippen LogP contribution >= 0.6 is 0 Å². The molecule has 4 heterocycles. The van der Waals surface area contributed by atoms with E-state index in [1.807, 2.05) is 10.7 Å². The zero-order chi connectivity index (χ0) is 21.5. The molecular weight excluding hydrogens is 390 g/mol. The van der Waals surface area contributed by atoms with E-state index in [1.165, 1.54) is 5.56 Å². The number of hydrogen-bond acceptors (Lipinski definition) is 6. The van der Waals surface area contributed by atoms with E-state index in [1.54, 1.807) is 18.6 Å². The average molecular weight is 418 g/mol. The molecule has 8 heteroatoms. The van der Waals surface area contributed by atoms with E-state index in [2.05, 4.69) is 57.9 Å². The summed E-state index contributed by atoms with van der Waals surface area (Å²) in [5, 5.41) is 4.92. The van der Waals surface area contributed by atoms with Gasteiger partial charge in [-0.15, -0.1) is 0 Å². The van der Waals surface area contributed by atoms with Gasteiger partial charge in [0.05, 0.1) is 17.2 Å². The molecule has 0 amide bonds. The molecule has 4 aromatic rings. The Morgan fingerprint density at radius 1 is 1.16 bits per heavy atom. The van der Waals surface area contributed by atoms with Crippen LogP contribution in [0.25, 0.3) is 22.1 Å². The van der Waals surface area contributed by atoms with Gasteiger partial charge in [0.25, 0.3) is 5.56 Å². The highest BCUT2D eigenvalue weighted by Gasteiger charge is 2.34. The van der Waals surface area contributed by atoms with Gasteiger partial charge < -0.3 is 4.98 Å². The van der Waals surface area contributed by atoms with Gasteiger partial charge in [-0.25, -0.2) is 9.67 Å². The Bertz CT molecular complexity index is 1290. The van der Waals surface area contributed by atoms with E-state index in [-0.39, 0.29) is 17.5 Å². The first-order valence-electron chi connectivity index (χ1n) is 10.9. The summed E-state index contributed by atoms with van der Waals surface area (Å²) >= 11 is 0. The van der Waals surface area contributed by atoms with Gasteiger partial charge in [0.15, 0.2) is 5.65 Å². The van der Waals surface area contributed by atoms with Crippen molar-refractivity contribution in [2.75, 3.05) is 13.1 Å². The third-order valence-electron chi connectivity index (χ3n) is 6.30. The molecule has 1 aliphatic heterocycles. The normalized spacial score (nSPS) is 19.7. The Morgan fingerprint density at radius 2 is 1.97 bits per heavy atom. The second-order valence-electron chi connectivity index (χ2n) is 8.72. The minimum atomic E-state index is -0.103. The van der Waals surface area contributed by atoms with Crippen LogP contribution in [0.3, 0.4) is 0 Å². The van der Waals surface area contributed by atoms with Gasteiger partial charge in [-0.05, 0) is 37.5 Å². The fourth-order valence-corrected chi connectivity index (χ4v) is 4.69. The standard InChI is InChI=1S/C23H27N7O/c1-4-16-12-29(11-15-5-6-19-20(9-15)25-8-7-24-19)13-18(16)21-27-22-17(23(31)28-21)10-26-30(22)14(2)3/h5-10,14,16,18H,4,11-13H2,1-3H3,(H,27,28,31). The Balaban J connectivity index is 1.43. The minimum absolute atomic E-state index is 0.103. The van der Waals surface area contributed by atoms with Gasteiger partial charge in [-0.1, -0.05) is 19.4 Å². The van der Waals surface area contributed by atoms with E-state index >= 15 is 0 Å². The Morgan fingerprint density at radius 3 is 2.74 bits per heavy atom. The molecule has 1 saturated heterocycles. The van der Waals surface area contributed by atoms with Crippen molar-refractivity contribution in [1.82, 2.24) is 34.6 Å². The van der Waals surface area contributed by atoms with E-state index in [4.69, 9.17) is 4.98 Å². The number of likely N-dealkylation sites (tertiary alicyclic amines) is 1. The topological polar surface area (TPSA) is 92.6 Å². The van der Waals surface area contributed by atoms with Crippen molar-refractivity contribution >= 4 is 22.1 Å². The molecule has 0 spiro atoms. The van der Waals surface area contributed by atoms with Crippen molar-refractivity contribution in [3.63, 3.8) is 0 Å². The first-order chi connectivity index (χ1) is 15.0. The summed E-state index contributed by atoms with van der Waals surface area (Å²) in [5.74, 6) is 1.41. The quantitative estimate of drug-likeness (QED) is 0.536. The van der Waals surface area contributed by atoms with Crippen molar-refractivity contribution in [3.8, 4) is 0 Å². The number of rotatable bonds is 5. The monoisotopic (exact) mass is 417 g/mol. The van der Waals surface area contributed by atoms with Crippen LogP contribution in [-0.2, 0) is 6.54 Å². The van der Waals surface area contributed by atoms with Crippen molar-refractivity contribution in [3.05, 3.63) is 58.5 Å². The first-order valence-corrected chi connectivity index (χ1v) is 10.9. The van der Waals surface area contributed by atoms with Gasteiger partial charge in [0.1, 0.15) is 11.2 Å². The molecule has 5 rings (SSSR count). The number of nitrogens with one attached hydrogen (secondary N) is 1. The van der Waals surface area contributed by atoms with Crippen molar-refractivity contribution < 1.29 is 0 Å². The largest absolute Gasteiger partial charge is 0.310 e. The van der Waals surface area contributed by atoms with Crippen LogP contribution in [-0.4, -0.2) is 47.7 Å². The lowest BCUT2D eigenvalue weighted by atomic mass is 9.93. The second kappa shape index (κ2) is 7.85. The van der Waals surface area contributed by atoms with Crippen LogP contribution < -0.4 is 5.56 Å². The molecule has 1 fully saturated rings. The fraction of sp³-hybridized carbons (Fsp3) is 0.435. The van der Waals surface area contributed by atoms with E-state index in [0.29, 0.717) is 17.0 Å². The second-order valence-corrected chi connectivity index (χ2v) is 8.72. The molecule has 0 radical (unpaired) electrons. The zero-order valence-corrected chi connectivity index (χ0v) is 18.1. The summed E-state index contributed by atoms with van der Waals surface area (Å²) in [6.45, 7) is 8.99. The molecule has 1 N–H and O–H groups in total. The number of aromatic nitrogens is 6. The maximum Gasteiger partial charge on any atom is 0.262 e. The van der Waals surface area contributed by atoms with Crippen LogP contribution in [0.15, 0.2) is 41.6 Å². The van der Waals surface area contributed by atoms with E-state index < -0.39 is 0 Å². The van der Waals surface area contributed by atoms with Crippen LogP contribution in [0.5, 0.6) is 0 Å². The number of benzene rings is 1. The molecule has 160 valence electrons. The third kappa shape index (κ3) is 3.61. The van der Waals surface area contributed by atoms with E-state index in [9.17, 15) is 4.79 Å². The van der Waals surface area contributed by atoms with Gasteiger partial charge >= 0.3 is 0 Å². The van der Waals surface area contributed by atoms with Gasteiger partial charge in [-0.2, -0.15) is 5.10 Å². The van der Waals surface area contributed by atoms with Crippen LogP contribution in [0.1, 0.15) is 50.5 Å². The van der Waals surface area contributed by atoms with Gasteiger partial charge in [-0.3, -0.25) is 19.7 Å². The van der Waals surface area contributed by atoms with Crippen molar-refractivity contribution in [2.45, 2.75) is 45.7 Å². The lowest BCUT2D eigenvalue weighted by Crippen LogP contribution is -2.21. The molecule has 1 aliphatic rings. The minimum Gasteiger partial charge on any atom is -0.310 e. The summed E-state index contributed by atoms with van der Waals surface area (Å²) < 4.78 is 1.83. The molecular formula is C23H27N7O. The molecule has 0 bridgehead atoms. The molecule has 3 aromatic heterocycles. The van der Waals surface area contributed by atoms with Crippen molar-refractivity contribution in [1.29, 1.82) is 0 Å². The molecule has 0 aliphatic carbocycles. The first kappa shape index (κ1) is 19.8. The van der Waals surface area contributed by atoms with Crippen LogP contribution in [0.2, 0.25) is 0 Å². The van der Waals surface area contributed by atoms with Crippen LogP contribution in [0, 0.1) is 5.92 Å². The van der Waals surface area contributed by atoms with Crippen LogP contribution in [0.4, 0.5) is 0 Å². The predicted octanol–water partition coefficient (Wildman–Crippen LogP) is 3.27. The Kier molecular flexibility index (Phi) is 5.02. The molecule has 1 aromatic carbocycles. The highest BCUT2D eigenvalue weighted by molar-refractivity contribution is 5.74. The molecule has 8 nitrogen and oxygen atoms in total. The van der Waals surface area contributed by atoms with Crippen molar-refractivity contribution in [2.24, 2.45) is 5.92 Å². The Labute approximate surface area is 180 Å². The summed E-state index contributed by atoms with van der Waals surface area (Å²) in [6, 6.07) is 6.42. The number of fused-ring (bicyclic) bond motifs is 2. The lowest BCUT2D eigenvalue weighted by molar-refractivity contribution is 0.314. The Hall–Kier alpha value is -3.13. The molecule has 2 atom stereocenters. The molecule has 0 saturated carbocycles. The number of nitrogens with zero attached hydrogens (tertiary/aromatic N) is 6. The average Bonchev–Trinajstić information content (AvgIpc) is 3.38. The van der Waals surface area contributed by atoms with Gasteiger partial charge in [0, 0.05) is 44.0 Å². The fourth-order valence-electron chi connectivity index (χ4n) is 4.69. The highest BCUT2D eigenvalue weighted by atomic mass is 16.1. The summed E-state index contributed by atoms with van der Waals surface area (Å²) in [7, 11) is 0. The number of aromatic amines is 1. The summed E-state index contributed by atoms with van der Waals surface area (Å²) in [5.41, 5.74) is 3.62. The third-order valence-corrected chi connectivity index (χ3v) is 6.30. The lowest BCUT2D eigenvalue weighted by Gasteiger charge is -2.16. The maximum atomic E-state index is 12.7. The summed E-state index contributed by atoms with van der Waals surface area (Å²) in [4.78, 5) is 31.9. The number of hydrogen-bond donors (Lipinski definition) is 1. The summed E-state index contributed by atoms with van der Waals surface area (Å²) in [6.07, 6.45) is 6.10. The zero-order valence-electron chi connectivity index (χ0n) is 18.1. The maximum absolute atomic E-state index is 12.7. The smallest absolute Gasteiger partial charge is 0.262 e. The predicted molar refractivity (Wildman–Crippen MR) is 120 cm³/mol. The molecule has 2 unspecified atom stereocenters. The molecule has 31 heavy (non-hydrogen) atoms. The van der Waals surface area contributed by atoms with E-state index in [0.717, 1.165) is 42.9 Å².